The largest absolute Gasteiger partial charge is 0.460 e. The zero-order valence-electron chi connectivity index (χ0n) is 11.9. The third-order valence-electron chi connectivity index (χ3n) is 1.76. The summed E-state index contributed by atoms with van der Waals surface area (Å²) in [4.78, 5) is 10.8. The fourth-order valence-corrected chi connectivity index (χ4v) is 8.08. The summed E-state index contributed by atoms with van der Waals surface area (Å²) in [5.74, 6) is -0.552. The highest BCUT2D eigenvalue weighted by atomic mass is 28.4. The Hall–Kier alpha value is -0.476. The van der Waals surface area contributed by atoms with E-state index in [9.17, 15) is 9.90 Å². The highest BCUT2D eigenvalue weighted by molar-refractivity contribution is 6.81. The van der Waals surface area contributed by atoms with Gasteiger partial charge in [0.25, 0.3) is 0 Å². The Kier molecular flexibility index (Phi) is 7.01. The second kappa shape index (κ2) is 7.20. The molecule has 0 rings (SSSR count). The van der Waals surface area contributed by atoms with Crippen LogP contribution in [0, 0.1) is 0 Å². The van der Waals surface area contributed by atoms with E-state index in [0.29, 0.717) is 0 Å². The van der Waals surface area contributed by atoms with Gasteiger partial charge in [-0.3, -0.25) is 0 Å². The first-order chi connectivity index (χ1) is 8.06. The summed E-state index contributed by atoms with van der Waals surface area (Å²) in [6.45, 7) is 13.4. The van der Waals surface area contributed by atoms with Gasteiger partial charge in [-0.05, 0) is 32.7 Å². The van der Waals surface area contributed by atoms with Gasteiger partial charge in [-0.15, -0.1) is 0 Å². The molecule has 0 spiro atoms. The molecule has 0 radical (unpaired) electrons. The molecule has 18 heavy (non-hydrogen) atoms. The molecule has 0 fully saturated rings. The Morgan fingerprint density at radius 1 is 1.28 bits per heavy atom. The van der Waals surface area contributed by atoms with E-state index in [1.54, 1.807) is 0 Å². The predicted octanol–water partition coefficient (Wildman–Crippen LogP) is 1.65. The molecule has 0 aromatic carbocycles. The lowest BCUT2D eigenvalue weighted by molar-refractivity contribution is -0.141. The van der Waals surface area contributed by atoms with Crippen LogP contribution < -0.4 is 0 Å². The molecule has 0 aliphatic rings. The van der Waals surface area contributed by atoms with Gasteiger partial charge in [-0.2, -0.15) is 0 Å². The molecule has 0 heterocycles. The topological polar surface area (TPSA) is 65.0 Å². The van der Waals surface area contributed by atoms with Gasteiger partial charge >= 0.3 is 14.5 Å². The van der Waals surface area contributed by atoms with Crippen molar-refractivity contribution in [3.63, 3.8) is 0 Å². The van der Waals surface area contributed by atoms with Crippen LogP contribution in [0.1, 0.15) is 0 Å². The minimum absolute atomic E-state index is 0.0950. The molecule has 0 aliphatic carbocycles. The average Bonchev–Trinajstić information content (AvgIpc) is 2.19. The molecule has 1 unspecified atom stereocenters. The quantitative estimate of drug-likeness (QED) is 0.418. The number of rotatable bonds is 8. The van der Waals surface area contributed by atoms with Crippen molar-refractivity contribution >= 4 is 22.8 Å². The molecule has 0 aromatic rings. The number of aliphatic hydroxyl groups excluding tert-OH is 1. The van der Waals surface area contributed by atoms with E-state index in [4.69, 9.17) is 13.3 Å². The lowest BCUT2D eigenvalue weighted by Gasteiger charge is -2.31. The predicted molar refractivity (Wildman–Crippen MR) is 75.0 cm³/mol. The van der Waals surface area contributed by atoms with Crippen molar-refractivity contribution in [2.45, 2.75) is 38.8 Å². The standard InChI is InChI=1S/C11H24O5Si2/c1-7-11(13)14-8-10(12)9-15-18(5,6)16-17(2,3)4/h7,10,12H,1,8-9H2,2-6H3. The minimum Gasteiger partial charge on any atom is -0.460 e. The number of hydrogen-bond acceptors (Lipinski definition) is 5. The van der Waals surface area contributed by atoms with Crippen molar-refractivity contribution in [1.82, 2.24) is 0 Å². The van der Waals surface area contributed by atoms with Crippen molar-refractivity contribution in [1.29, 1.82) is 0 Å². The number of aliphatic hydroxyl groups is 1. The number of carbonyl (C=O) groups is 1. The van der Waals surface area contributed by atoms with Gasteiger partial charge in [-0.1, -0.05) is 6.58 Å². The molecule has 7 heteroatoms. The summed E-state index contributed by atoms with van der Waals surface area (Å²) in [5.41, 5.74) is 0. The number of esters is 1. The van der Waals surface area contributed by atoms with Crippen LogP contribution in [0.3, 0.4) is 0 Å². The average molecular weight is 292 g/mol. The minimum atomic E-state index is -2.22. The first-order valence-electron chi connectivity index (χ1n) is 5.87. The molecule has 0 aliphatic heterocycles. The van der Waals surface area contributed by atoms with Gasteiger partial charge < -0.3 is 18.4 Å². The molecule has 0 saturated carbocycles. The van der Waals surface area contributed by atoms with Crippen molar-refractivity contribution in [2.75, 3.05) is 13.2 Å². The third-order valence-corrected chi connectivity index (χ3v) is 7.04. The molecular weight excluding hydrogens is 268 g/mol. The fourth-order valence-electron chi connectivity index (χ4n) is 1.35. The Bertz CT molecular complexity index is 286. The highest BCUT2D eigenvalue weighted by Crippen LogP contribution is 2.15. The Morgan fingerprint density at radius 2 is 1.83 bits per heavy atom. The second-order valence-electron chi connectivity index (χ2n) is 5.41. The smallest absolute Gasteiger partial charge is 0.330 e. The fraction of sp³-hybridized carbons (Fsp3) is 0.727. The van der Waals surface area contributed by atoms with Crippen LogP contribution in [0.4, 0.5) is 0 Å². The molecule has 0 bridgehead atoms. The monoisotopic (exact) mass is 292 g/mol. The van der Waals surface area contributed by atoms with E-state index >= 15 is 0 Å². The molecular formula is C11H24O5Si2. The van der Waals surface area contributed by atoms with Crippen molar-refractivity contribution in [3.05, 3.63) is 12.7 Å². The highest BCUT2D eigenvalue weighted by Gasteiger charge is 2.32. The molecule has 5 nitrogen and oxygen atoms in total. The second-order valence-corrected chi connectivity index (χ2v) is 13.5. The van der Waals surface area contributed by atoms with Crippen LogP contribution in [0.25, 0.3) is 0 Å². The lowest BCUT2D eigenvalue weighted by atomic mass is 10.4. The summed E-state index contributed by atoms with van der Waals surface area (Å²) in [6.07, 6.45) is 0.214. The summed E-state index contributed by atoms with van der Waals surface area (Å²) in [6, 6.07) is 0. The van der Waals surface area contributed by atoms with Gasteiger partial charge in [0.15, 0.2) is 8.32 Å². The Morgan fingerprint density at radius 3 is 2.28 bits per heavy atom. The van der Waals surface area contributed by atoms with Crippen LogP contribution in [0.15, 0.2) is 12.7 Å². The van der Waals surface area contributed by atoms with E-state index in [0.717, 1.165) is 6.08 Å². The summed E-state index contributed by atoms with van der Waals surface area (Å²) >= 11 is 0. The van der Waals surface area contributed by atoms with Crippen LogP contribution in [0.5, 0.6) is 0 Å². The van der Waals surface area contributed by atoms with Crippen LogP contribution in [0.2, 0.25) is 32.7 Å². The number of carbonyl (C=O) groups excluding carboxylic acids is 1. The normalized spacial score (nSPS) is 14.1. The summed E-state index contributed by atoms with van der Waals surface area (Å²) < 4.78 is 16.3. The van der Waals surface area contributed by atoms with Gasteiger partial charge in [0, 0.05) is 6.08 Å². The lowest BCUT2D eigenvalue weighted by Crippen LogP contribution is -2.46. The van der Waals surface area contributed by atoms with E-state index in [2.05, 4.69) is 26.2 Å². The van der Waals surface area contributed by atoms with Gasteiger partial charge in [0.1, 0.15) is 12.7 Å². The zero-order chi connectivity index (χ0) is 14.4. The van der Waals surface area contributed by atoms with E-state index in [1.807, 2.05) is 13.1 Å². The van der Waals surface area contributed by atoms with E-state index in [1.165, 1.54) is 0 Å². The maximum atomic E-state index is 10.8. The van der Waals surface area contributed by atoms with Crippen LogP contribution >= 0.6 is 0 Å². The molecule has 0 saturated heterocycles. The van der Waals surface area contributed by atoms with Gasteiger partial charge in [0.05, 0.1) is 6.61 Å². The van der Waals surface area contributed by atoms with Crippen molar-refractivity contribution in [2.24, 2.45) is 0 Å². The summed E-state index contributed by atoms with van der Waals surface area (Å²) in [7, 11) is -3.88. The molecule has 1 atom stereocenters. The van der Waals surface area contributed by atoms with Crippen molar-refractivity contribution in [3.8, 4) is 0 Å². The van der Waals surface area contributed by atoms with E-state index < -0.39 is 29.0 Å². The van der Waals surface area contributed by atoms with Gasteiger partial charge in [-0.25, -0.2) is 4.79 Å². The zero-order valence-corrected chi connectivity index (χ0v) is 13.9. The molecule has 0 aromatic heterocycles. The Labute approximate surface area is 111 Å². The van der Waals surface area contributed by atoms with E-state index in [-0.39, 0.29) is 13.2 Å². The first-order valence-corrected chi connectivity index (χ1v) is 12.1. The SMILES string of the molecule is C=CC(=O)OCC(O)CO[Si](C)(C)O[Si](C)(C)C. The maximum Gasteiger partial charge on any atom is 0.330 e. The van der Waals surface area contributed by atoms with Crippen LogP contribution in [-0.4, -0.2) is 47.3 Å². The molecule has 0 amide bonds. The van der Waals surface area contributed by atoms with Crippen molar-refractivity contribution < 1.29 is 23.2 Å². The number of hydrogen-bond donors (Lipinski definition) is 1. The summed E-state index contributed by atoms with van der Waals surface area (Å²) in [5, 5.41) is 9.60. The van der Waals surface area contributed by atoms with Crippen LogP contribution in [-0.2, 0) is 18.1 Å². The maximum absolute atomic E-state index is 10.8. The molecule has 1 N–H and O–H groups in total. The Balaban J connectivity index is 4.00. The van der Waals surface area contributed by atoms with Gasteiger partial charge in [0.2, 0.25) is 0 Å². The molecule has 106 valence electrons. The third kappa shape index (κ3) is 9.54. The first kappa shape index (κ1) is 17.5. The number of ether oxygens (including phenoxy) is 1.